The van der Waals surface area contributed by atoms with E-state index in [1.165, 1.54) is 17.2 Å². The van der Waals surface area contributed by atoms with Gasteiger partial charge in [0.25, 0.3) is 5.91 Å². The molecule has 2 N–H and O–H groups in total. The Balaban J connectivity index is 1.40. The fraction of sp³-hybridized carbons (Fsp3) is 0.346. The summed E-state index contributed by atoms with van der Waals surface area (Å²) in [7, 11) is -5.92. The van der Waals surface area contributed by atoms with E-state index in [-0.39, 0.29) is 18.2 Å². The molecule has 3 aromatic rings. The molecule has 1 saturated heterocycles. The molecule has 1 aliphatic heterocycles. The number of fused-ring (bicyclic) bond motifs is 1. The fourth-order valence-corrected chi connectivity index (χ4v) is 5.08. The van der Waals surface area contributed by atoms with Crippen molar-refractivity contribution < 1.29 is 45.2 Å². The van der Waals surface area contributed by atoms with Crippen LogP contribution in [0.3, 0.4) is 0 Å². The first-order valence-electron chi connectivity index (χ1n) is 12.3. The minimum absolute atomic E-state index is 0.132. The van der Waals surface area contributed by atoms with Gasteiger partial charge in [-0.15, -0.1) is 0 Å². The predicted molar refractivity (Wildman–Crippen MR) is 136 cm³/mol. The van der Waals surface area contributed by atoms with Crippen molar-refractivity contribution in [2.45, 2.75) is 43.3 Å². The summed E-state index contributed by atoms with van der Waals surface area (Å²) in [5, 5.41) is 12.6. The maximum Gasteiger partial charge on any atom is 0.534 e. The smallest absolute Gasteiger partial charge is 0.491 e. The predicted octanol–water partition coefficient (Wildman–Crippen LogP) is 4.32. The van der Waals surface area contributed by atoms with E-state index in [0.717, 1.165) is 6.07 Å². The van der Waals surface area contributed by atoms with Crippen LogP contribution < -0.4 is 14.2 Å². The van der Waals surface area contributed by atoms with Crippen molar-refractivity contribution in [1.29, 1.82) is 0 Å². The molecule has 14 heteroatoms. The molecule has 1 unspecified atom stereocenters. The molecule has 2 aliphatic rings. The molecule has 1 aromatic heterocycles. The number of aryl methyl sites for hydroxylation is 1. The molecule has 0 bridgehead atoms. The Bertz CT molecular complexity index is 1610. The van der Waals surface area contributed by atoms with E-state index >= 15 is 0 Å². The van der Waals surface area contributed by atoms with Crippen LogP contribution in [0.5, 0.6) is 11.5 Å². The number of halogens is 3. The van der Waals surface area contributed by atoms with Crippen molar-refractivity contribution in [3.05, 3.63) is 65.4 Å². The average Bonchev–Trinajstić information content (AvgIpc) is 3.63. The number of carbonyl (C=O) groups excluding carboxylic acids is 1. The number of ether oxygens (including phenoxy) is 1. The molecule has 2 heterocycles. The molecule has 1 saturated carbocycles. The molecule has 10 nitrogen and oxygen atoms in total. The second-order valence-corrected chi connectivity index (χ2v) is 11.3. The molecule has 40 heavy (non-hydrogen) atoms. The Hall–Kier alpha value is -4.07. The maximum atomic E-state index is 13.4. The summed E-state index contributed by atoms with van der Waals surface area (Å²) in [4.78, 5) is 30.0. The van der Waals surface area contributed by atoms with Crippen LogP contribution in [-0.2, 0) is 15.7 Å². The molecule has 2 aromatic carbocycles. The fourth-order valence-electron chi connectivity index (χ4n) is 4.64. The van der Waals surface area contributed by atoms with Crippen molar-refractivity contribution in [3.63, 3.8) is 0 Å². The van der Waals surface area contributed by atoms with Crippen LogP contribution in [0.2, 0.25) is 0 Å². The second kappa shape index (κ2) is 9.84. The Morgan fingerprint density at radius 2 is 1.93 bits per heavy atom. The van der Waals surface area contributed by atoms with Gasteiger partial charge < -0.3 is 24.2 Å². The van der Waals surface area contributed by atoms with E-state index in [0.29, 0.717) is 53.6 Å². The number of rotatable bonds is 8. The molecule has 2 fully saturated rings. The number of nitrogens with zero attached hydrogens (tertiary/aromatic N) is 2. The average molecular weight is 580 g/mol. The van der Waals surface area contributed by atoms with Crippen LogP contribution in [-0.4, -0.2) is 60.1 Å². The van der Waals surface area contributed by atoms with Crippen molar-refractivity contribution in [1.82, 2.24) is 15.2 Å². The van der Waals surface area contributed by atoms with Gasteiger partial charge >= 0.3 is 21.7 Å². The highest BCUT2D eigenvalue weighted by Crippen LogP contribution is 2.49. The third-order valence-corrected chi connectivity index (χ3v) is 8.07. The summed E-state index contributed by atoms with van der Waals surface area (Å²) in [6, 6.07) is 10.2. The lowest BCUT2D eigenvalue weighted by molar-refractivity contribution is -0.0500. The van der Waals surface area contributed by atoms with Crippen LogP contribution in [0.4, 0.5) is 18.0 Å². The SMILES string of the molecule is Cc1ccc(OCC2CCN2C(=O)O)cc1C(=O)NC1(c2cc(OS(=O)(=O)C(F)(F)F)cc3ncccc23)CC1. The highest BCUT2D eigenvalue weighted by atomic mass is 32.2. The summed E-state index contributed by atoms with van der Waals surface area (Å²) < 4.78 is 72.3. The first-order valence-corrected chi connectivity index (χ1v) is 13.7. The number of hydrogen-bond donors (Lipinski definition) is 2. The Labute approximate surface area is 226 Å². The number of nitrogens with one attached hydrogen (secondary N) is 1. The molecule has 0 spiro atoms. The summed E-state index contributed by atoms with van der Waals surface area (Å²) in [5.41, 5.74) is -5.10. The van der Waals surface area contributed by atoms with Crippen molar-refractivity contribution in [2.75, 3.05) is 13.2 Å². The summed E-state index contributed by atoms with van der Waals surface area (Å²) >= 11 is 0. The first kappa shape index (κ1) is 27.5. The Kier molecular flexibility index (Phi) is 6.76. The first-order chi connectivity index (χ1) is 18.8. The number of carboxylic acid groups (broad SMARTS) is 1. The van der Waals surface area contributed by atoms with Crippen molar-refractivity contribution in [2.24, 2.45) is 0 Å². The molecular weight excluding hydrogens is 555 g/mol. The number of benzene rings is 2. The zero-order chi connectivity index (χ0) is 28.9. The van der Waals surface area contributed by atoms with Gasteiger partial charge in [-0.25, -0.2) is 4.79 Å². The third kappa shape index (κ3) is 5.22. The van der Waals surface area contributed by atoms with Gasteiger partial charge in [0.2, 0.25) is 0 Å². The lowest BCUT2D eigenvalue weighted by Crippen LogP contribution is -2.53. The van der Waals surface area contributed by atoms with E-state index in [4.69, 9.17) is 9.84 Å². The number of pyridine rings is 1. The molecule has 2 amide bonds. The van der Waals surface area contributed by atoms with Crippen LogP contribution in [0.25, 0.3) is 10.9 Å². The van der Waals surface area contributed by atoms with Crippen molar-refractivity contribution >= 4 is 33.0 Å². The zero-order valence-electron chi connectivity index (χ0n) is 21.1. The van der Waals surface area contributed by atoms with E-state index in [9.17, 15) is 31.2 Å². The summed E-state index contributed by atoms with van der Waals surface area (Å²) in [6.07, 6.45) is 1.94. The third-order valence-electron chi connectivity index (χ3n) is 7.09. The minimum Gasteiger partial charge on any atom is -0.491 e. The van der Waals surface area contributed by atoms with Gasteiger partial charge in [0.05, 0.1) is 17.1 Å². The number of hydrogen-bond acceptors (Lipinski definition) is 7. The van der Waals surface area contributed by atoms with Gasteiger partial charge in [-0.1, -0.05) is 12.1 Å². The lowest BCUT2D eigenvalue weighted by atomic mass is 9.97. The zero-order valence-corrected chi connectivity index (χ0v) is 21.9. The number of aromatic nitrogens is 1. The van der Waals surface area contributed by atoms with Gasteiger partial charge in [-0.05, 0) is 61.6 Å². The van der Waals surface area contributed by atoms with E-state index in [1.54, 1.807) is 37.3 Å². The van der Waals surface area contributed by atoms with E-state index < -0.39 is 38.9 Å². The van der Waals surface area contributed by atoms with Gasteiger partial charge in [-0.3, -0.25) is 9.78 Å². The van der Waals surface area contributed by atoms with Crippen LogP contribution >= 0.6 is 0 Å². The topological polar surface area (TPSA) is 135 Å². The molecule has 212 valence electrons. The monoisotopic (exact) mass is 579 g/mol. The largest absolute Gasteiger partial charge is 0.534 e. The second-order valence-electron chi connectivity index (χ2n) is 9.77. The number of likely N-dealkylation sites (tertiary alicyclic amines) is 1. The molecular formula is C26H24F3N3O7S. The number of amides is 2. The normalized spacial score (nSPS) is 18.1. The molecule has 1 aliphatic carbocycles. The van der Waals surface area contributed by atoms with E-state index in [1.807, 2.05) is 0 Å². The van der Waals surface area contributed by atoms with Crippen molar-refractivity contribution in [3.8, 4) is 11.5 Å². The molecule has 0 radical (unpaired) electrons. The Morgan fingerprint density at radius 3 is 2.55 bits per heavy atom. The van der Waals surface area contributed by atoms with Gasteiger partial charge in [0, 0.05) is 29.8 Å². The number of carbonyl (C=O) groups is 2. The summed E-state index contributed by atoms with van der Waals surface area (Å²) in [6.45, 7) is 2.30. The highest BCUT2D eigenvalue weighted by Gasteiger charge is 2.50. The molecule has 1 atom stereocenters. The highest BCUT2D eigenvalue weighted by molar-refractivity contribution is 7.88. The number of alkyl halides is 3. The minimum atomic E-state index is -5.92. The van der Waals surface area contributed by atoms with E-state index in [2.05, 4.69) is 14.5 Å². The quantitative estimate of drug-likeness (QED) is 0.298. The van der Waals surface area contributed by atoms with Crippen LogP contribution in [0.1, 0.15) is 40.7 Å². The summed E-state index contributed by atoms with van der Waals surface area (Å²) in [5.74, 6) is -0.667. The van der Waals surface area contributed by atoms with Gasteiger partial charge in [-0.2, -0.15) is 21.6 Å². The van der Waals surface area contributed by atoms with Gasteiger partial charge in [0.1, 0.15) is 18.1 Å². The molecule has 5 rings (SSSR count). The van der Waals surface area contributed by atoms with Crippen LogP contribution in [0, 0.1) is 6.92 Å². The maximum absolute atomic E-state index is 13.4. The standard InChI is InChI=1S/C26H24F3N3O7S/c1-15-4-5-17(38-14-16-6-10-32(16)24(34)35)11-20(15)23(33)31-25(7-8-25)21-12-18(39-40(36,37)26(27,28)29)13-22-19(21)3-2-9-30-22/h2-5,9,11-13,16H,6-8,10,14H2,1H3,(H,31,33)(H,34,35). The van der Waals surface area contributed by atoms with Crippen LogP contribution in [0.15, 0.2) is 48.7 Å². The Morgan fingerprint density at radius 1 is 1.18 bits per heavy atom. The van der Waals surface area contributed by atoms with Gasteiger partial charge in [0.15, 0.2) is 0 Å². The lowest BCUT2D eigenvalue weighted by Gasteiger charge is -2.38.